The van der Waals surface area contributed by atoms with Crippen LogP contribution in [-0.2, 0) is 0 Å². The molecule has 0 bridgehead atoms. The van der Waals surface area contributed by atoms with Gasteiger partial charge in [0.05, 0.1) is 0 Å². The van der Waals surface area contributed by atoms with Gasteiger partial charge in [-0.3, -0.25) is 0 Å². The first-order valence-corrected chi connectivity index (χ1v) is 5.58. The molecule has 0 unspecified atom stereocenters. The quantitative estimate of drug-likeness (QED) is 0.513. The minimum absolute atomic E-state index is 0. The second-order valence-electron chi connectivity index (χ2n) is 3.55. The zero-order chi connectivity index (χ0) is 7.28. The predicted molar refractivity (Wildman–Crippen MR) is 46.2 cm³/mol. The molecular weight excluding hydrogens is 146 g/mol. The summed E-state index contributed by atoms with van der Waals surface area (Å²) in [7, 11) is 0. The van der Waals surface area contributed by atoms with Crippen molar-refractivity contribution in [1.82, 2.24) is 0 Å². The van der Waals surface area contributed by atoms with Crippen molar-refractivity contribution in [2.24, 2.45) is 11.8 Å². The molecule has 10 heavy (non-hydrogen) atoms. The maximum atomic E-state index is 2.31. The Balaban J connectivity index is -0.000000320. The van der Waals surface area contributed by atoms with Gasteiger partial charge in [-0.05, 0) is 0 Å². The Morgan fingerprint density at radius 3 is 1.50 bits per heavy atom. The van der Waals surface area contributed by atoms with E-state index in [0.29, 0.717) is 0 Å². The molecule has 0 amide bonds. The summed E-state index contributed by atoms with van der Waals surface area (Å²) in [6.45, 7) is 9.25. The Bertz CT molecular complexity index is 59.1. The minimum Gasteiger partial charge on any atom is -1.00 e. The van der Waals surface area contributed by atoms with E-state index in [1.165, 1.54) is 10.6 Å². The van der Waals surface area contributed by atoms with Crippen LogP contribution in [0.25, 0.3) is 0 Å². The van der Waals surface area contributed by atoms with Crippen LogP contribution in [0.4, 0.5) is 0 Å². The molecule has 1 radical (unpaired) electrons. The Hall–Kier alpha value is 1.53. The standard InChI is InChI=1S/2C4H9.Al.Na.H/c2*1-4(2)3;;;/h2*4H,1H2,2-3H3;;;/q;;;+1;-1. The van der Waals surface area contributed by atoms with Crippen molar-refractivity contribution in [1.29, 1.82) is 0 Å². The molecule has 0 fully saturated rings. The van der Waals surface area contributed by atoms with Crippen molar-refractivity contribution in [2.75, 3.05) is 0 Å². The molecule has 0 spiro atoms. The smallest absolute Gasteiger partial charge is 1.00 e. The van der Waals surface area contributed by atoms with E-state index in [9.17, 15) is 0 Å². The van der Waals surface area contributed by atoms with Crippen molar-refractivity contribution in [3.05, 3.63) is 0 Å². The molecule has 0 saturated heterocycles. The van der Waals surface area contributed by atoms with Gasteiger partial charge >= 0.3 is 29.6 Å². The van der Waals surface area contributed by atoms with E-state index in [2.05, 4.69) is 27.7 Å². The zero-order valence-corrected chi connectivity index (χ0v) is 11.3. The fraction of sp³-hybridized carbons (Fsp3) is 1.00. The van der Waals surface area contributed by atoms with Gasteiger partial charge in [-0.25, -0.2) is 0 Å². The Morgan fingerprint density at radius 2 is 1.30 bits per heavy atom. The Morgan fingerprint density at radius 1 is 1.00 bits per heavy atom. The molecule has 0 rings (SSSR count). The van der Waals surface area contributed by atoms with Crippen molar-refractivity contribution >= 4 is 15.2 Å². The molecule has 0 nitrogen and oxygen atoms in total. The van der Waals surface area contributed by atoms with E-state index in [1.54, 1.807) is 0 Å². The summed E-state index contributed by atoms with van der Waals surface area (Å²) < 4.78 is 0. The van der Waals surface area contributed by atoms with Gasteiger partial charge in [0.25, 0.3) is 0 Å². The SMILES string of the molecule is CC(C)[CH2][Al][CH2]C(C)C.[H-].[Na+]. The number of hydrogen-bond acceptors (Lipinski definition) is 0. The van der Waals surface area contributed by atoms with Crippen LogP contribution >= 0.6 is 0 Å². The Kier molecular flexibility index (Phi) is 12.1. The summed E-state index contributed by atoms with van der Waals surface area (Å²) in [5.41, 5.74) is 0. The molecule has 0 aliphatic carbocycles. The van der Waals surface area contributed by atoms with E-state index in [0.717, 1.165) is 27.1 Å². The van der Waals surface area contributed by atoms with Gasteiger partial charge in [0.1, 0.15) is 0 Å². The first-order valence-electron chi connectivity index (χ1n) is 3.94. The van der Waals surface area contributed by atoms with Crippen LogP contribution in [-0.4, -0.2) is 15.2 Å². The summed E-state index contributed by atoms with van der Waals surface area (Å²) in [6.07, 6.45) is 0. The van der Waals surface area contributed by atoms with Crippen LogP contribution in [0.3, 0.4) is 0 Å². The molecule has 55 valence electrons. The third-order valence-corrected chi connectivity index (χ3v) is 3.83. The molecule has 2 heteroatoms. The van der Waals surface area contributed by atoms with Gasteiger partial charge in [0, 0.05) is 0 Å². The second kappa shape index (κ2) is 8.63. The molecular formula is C8H19AlNa. The summed E-state index contributed by atoms with van der Waals surface area (Å²) >= 11 is 0.755. The summed E-state index contributed by atoms with van der Waals surface area (Å²) in [5, 5.41) is 2.97. The fourth-order valence-electron chi connectivity index (χ4n) is 0.763. The predicted octanol–water partition coefficient (Wildman–Crippen LogP) is -0.0443. The minimum atomic E-state index is 0. The molecule has 0 aliphatic heterocycles. The topological polar surface area (TPSA) is 0 Å². The van der Waals surface area contributed by atoms with E-state index in [4.69, 9.17) is 0 Å². The first kappa shape index (κ1) is 14.1. The van der Waals surface area contributed by atoms with Crippen molar-refractivity contribution in [3.63, 3.8) is 0 Å². The van der Waals surface area contributed by atoms with Crippen molar-refractivity contribution in [2.45, 2.75) is 38.3 Å². The summed E-state index contributed by atoms with van der Waals surface area (Å²) in [5.74, 6) is 1.86. The normalized spacial score (nSPS) is 9.80. The average molecular weight is 165 g/mol. The third-order valence-electron chi connectivity index (χ3n) is 1.28. The molecule has 0 heterocycles. The van der Waals surface area contributed by atoms with E-state index in [1.807, 2.05) is 0 Å². The van der Waals surface area contributed by atoms with Gasteiger partial charge in [-0.15, -0.1) is 10.6 Å². The van der Waals surface area contributed by atoms with E-state index >= 15 is 0 Å². The van der Waals surface area contributed by atoms with Crippen LogP contribution in [0.1, 0.15) is 29.1 Å². The molecule has 0 aromatic carbocycles. The van der Waals surface area contributed by atoms with E-state index in [-0.39, 0.29) is 31.0 Å². The Labute approximate surface area is 95.6 Å². The molecule has 0 saturated carbocycles. The van der Waals surface area contributed by atoms with Crippen molar-refractivity contribution < 1.29 is 31.0 Å². The van der Waals surface area contributed by atoms with Gasteiger partial charge in [0.15, 0.2) is 0 Å². The molecule has 0 aromatic heterocycles. The maximum absolute atomic E-state index is 2.31. The molecule has 0 atom stereocenters. The van der Waals surface area contributed by atoms with Crippen LogP contribution in [0.2, 0.25) is 10.6 Å². The van der Waals surface area contributed by atoms with E-state index < -0.39 is 0 Å². The number of rotatable bonds is 4. The van der Waals surface area contributed by atoms with Gasteiger partial charge in [-0.1, -0.05) is 39.5 Å². The monoisotopic (exact) mass is 165 g/mol. The zero-order valence-electron chi connectivity index (χ0n) is 9.15. The number of hydrogen-bond donors (Lipinski definition) is 0. The molecule has 0 aromatic rings. The van der Waals surface area contributed by atoms with Gasteiger partial charge < -0.3 is 1.43 Å². The van der Waals surface area contributed by atoms with Gasteiger partial charge in [-0.2, -0.15) is 0 Å². The van der Waals surface area contributed by atoms with Crippen LogP contribution in [0, 0.1) is 11.8 Å². The second-order valence-corrected chi connectivity index (χ2v) is 5.07. The van der Waals surface area contributed by atoms with Crippen LogP contribution in [0.5, 0.6) is 0 Å². The van der Waals surface area contributed by atoms with Gasteiger partial charge in [0.2, 0.25) is 15.2 Å². The van der Waals surface area contributed by atoms with Crippen molar-refractivity contribution in [3.8, 4) is 0 Å². The third kappa shape index (κ3) is 12.2. The molecule has 0 N–H and O–H groups in total. The summed E-state index contributed by atoms with van der Waals surface area (Å²) in [6, 6.07) is 0. The van der Waals surface area contributed by atoms with Crippen LogP contribution < -0.4 is 29.6 Å². The maximum Gasteiger partial charge on any atom is 1.00 e. The first-order chi connectivity index (χ1) is 4.13. The largest absolute Gasteiger partial charge is 1.00 e. The molecule has 0 aliphatic rings. The fourth-order valence-corrected chi connectivity index (χ4v) is 2.29. The average Bonchev–Trinajstić information content (AvgIpc) is 1.63. The summed E-state index contributed by atoms with van der Waals surface area (Å²) in [4.78, 5) is 0. The van der Waals surface area contributed by atoms with Crippen LogP contribution in [0.15, 0.2) is 0 Å².